The standard InChI is InChI=1S/C14H18N4S/c1-3-15-11-5-4-6-12-10(11)7-16-14(18-12)13-8-19-9(2)17-13/h7-8,11,15H,3-6H2,1-2H3. The molecule has 1 N–H and O–H groups in total. The van der Waals surface area contributed by atoms with Crippen LogP contribution in [0.1, 0.15) is 42.1 Å². The molecule has 0 fully saturated rings. The van der Waals surface area contributed by atoms with Crippen LogP contribution in [0.3, 0.4) is 0 Å². The first-order valence-corrected chi connectivity index (χ1v) is 7.67. The van der Waals surface area contributed by atoms with Crippen molar-refractivity contribution in [1.29, 1.82) is 0 Å². The van der Waals surface area contributed by atoms with Gasteiger partial charge in [-0.1, -0.05) is 6.92 Å². The van der Waals surface area contributed by atoms with Gasteiger partial charge in [-0.05, 0) is 32.7 Å². The van der Waals surface area contributed by atoms with Crippen LogP contribution in [0, 0.1) is 6.92 Å². The lowest BCUT2D eigenvalue weighted by Crippen LogP contribution is -2.25. The zero-order valence-electron chi connectivity index (χ0n) is 11.3. The second kappa shape index (κ2) is 5.35. The Morgan fingerprint density at radius 2 is 2.32 bits per heavy atom. The van der Waals surface area contributed by atoms with Gasteiger partial charge in [0, 0.05) is 28.9 Å². The minimum Gasteiger partial charge on any atom is -0.310 e. The first kappa shape index (κ1) is 12.7. The van der Waals surface area contributed by atoms with Crippen molar-refractivity contribution in [3.05, 3.63) is 27.8 Å². The lowest BCUT2D eigenvalue weighted by Gasteiger charge is -2.25. The molecule has 0 saturated carbocycles. The van der Waals surface area contributed by atoms with E-state index in [1.54, 1.807) is 11.3 Å². The molecule has 1 aliphatic rings. The fraction of sp³-hybridized carbons (Fsp3) is 0.500. The third kappa shape index (κ3) is 2.53. The van der Waals surface area contributed by atoms with Crippen LogP contribution >= 0.6 is 11.3 Å². The van der Waals surface area contributed by atoms with Gasteiger partial charge in [0.05, 0.1) is 5.01 Å². The lowest BCUT2D eigenvalue weighted by molar-refractivity contribution is 0.464. The predicted octanol–water partition coefficient (Wildman–Crippen LogP) is 2.90. The molecule has 3 rings (SSSR count). The molecule has 0 aliphatic heterocycles. The number of hydrogen-bond donors (Lipinski definition) is 1. The number of aryl methyl sites for hydroxylation is 2. The number of thiazole rings is 1. The SMILES string of the molecule is CCNC1CCCc2nc(-c3csc(C)n3)ncc21. The Hall–Kier alpha value is -1.33. The van der Waals surface area contributed by atoms with E-state index in [1.807, 2.05) is 18.5 Å². The smallest absolute Gasteiger partial charge is 0.179 e. The summed E-state index contributed by atoms with van der Waals surface area (Å²) in [6.07, 6.45) is 5.41. The second-order valence-electron chi connectivity index (χ2n) is 4.85. The maximum Gasteiger partial charge on any atom is 0.179 e. The Balaban J connectivity index is 1.95. The molecule has 4 nitrogen and oxygen atoms in total. The molecule has 0 bridgehead atoms. The Bertz CT molecular complexity index is 579. The third-order valence-corrected chi connectivity index (χ3v) is 4.25. The second-order valence-corrected chi connectivity index (χ2v) is 5.91. The van der Waals surface area contributed by atoms with Crippen LogP contribution in [0.15, 0.2) is 11.6 Å². The molecule has 1 atom stereocenters. The topological polar surface area (TPSA) is 50.7 Å². The Morgan fingerprint density at radius 3 is 3.05 bits per heavy atom. The van der Waals surface area contributed by atoms with E-state index in [4.69, 9.17) is 4.98 Å². The van der Waals surface area contributed by atoms with Gasteiger partial charge >= 0.3 is 0 Å². The minimum atomic E-state index is 0.417. The van der Waals surface area contributed by atoms with E-state index in [0.29, 0.717) is 6.04 Å². The Labute approximate surface area is 117 Å². The minimum absolute atomic E-state index is 0.417. The molecular formula is C14H18N4S. The van der Waals surface area contributed by atoms with Crippen molar-refractivity contribution in [2.45, 2.75) is 39.2 Å². The number of fused-ring (bicyclic) bond motifs is 1. The molecule has 100 valence electrons. The fourth-order valence-corrected chi connectivity index (χ4v) is 3.19. The summed E-state index contributed by atoms with van der Waals surface area (Å²) in [7, 11) is 0. The Morgan fingerprint density at radius 1 is 1.42 bits per heavy atom. The highest BCUT2D eigenvalue weighted by molar-refractivity contribution is 7.09. The van der Waals surface area contributed by atoms with E-state index in [9.17, 15) is 0 Å². The molecule has 0 aromatic carbocycles. The summed E-state index contributed by atoms with van der Waals surface area (Å²) in [6, 6.07) is 0.417. The van der Waals surface area contributed by atoms with Crippen molar-refractivity contribution in [2.24, 2.45) is 0 Å². The van der Waals surface area contributed by atoms with Crippen LogP contribution in [0.4, 0.5) is 0 Å². The molecular weight excluding hydrogens is 256 g/mol. The van der Waals surface area contributed by atoms with Gasteiger partial charge in [-0.2, -0.15) is 0 Å². The molecule has 0 radical (unpaired) electrons. The van der Waals surface area contributed by atoms with Crippen molar-refractivity contribution in [2.75, 3.05) is 6.54 Å². The van der Waals surface area contributed by atoms with E-state index >= 15 is 0 Å². The van der Waals surface area contributed by atoms with Gasteiger partial charge in [0.15, 0.2) is 5.82 Å². The van der Waals surface area contributed by atoms with Crippen molar-refractivity contribution >= 4 is 11.3 Å². The highest BCUT2D eigenvalue weighted by atomic mass is 32.1. The quantitative estimate of drug-likeness (QED) is 0.935. The van der Waals surface area contributed by atoms with E-state index in [0.717, 1.165) is 29.5 Å². The van der Waals surface area contributed by atoms with Crippen LogP contribution in [-0.2, 0) is 6.42 Å². The number of nitrogens with zero attached hydrogens (tertiary/aromatic N) is 3. The molecule has 19 heavy (non-hydrogen) atoms. The largest absolute Gasteiger partial charge is 0.310 e. The van der Waals surface area contributed by atoms with Gasteiger partial charge in [-0.25, -0.2) is 15.0 Å². The first-order chi connectivity index (χ1) is 9.28. The van der Waals surface area contributed by atoms with Crippen LogP contribution in [-0.4, -0.2) is 21.5 Å². The number of nitrogens with one attached hydrogen (secondary N) is 1. The lowest BCUT2D eigenvalue weighted by atomic mass is 9.92. The highest BCUT2D eigenvalue weighted by Crippen LogP contribution is 2.29. The van der Waals surface area contributed by atoms with E-state index in [1.165, 1.54) is 24.1 Å². The zero-order chi connectivity index (χ0) is 13.2. The van der Waals surface area contributed by atoms with Crippen molar-refractivity contribution < 1.29 is 0 Å². The average molecular weight is 274 g/mol. The van der Waals surface area contributed by atoms with Crippen LogP contribution < -0.4 is 5.32 Å². The average Bonchev–Trinajstić information content (AvgIpc) is 2.86. The van der Waals surface area contributed by atoms with Crippen molar-refractivity contribution in [1.82, 2.24) is 20.3 Å². The maximum atomic E-state index is 4.72. The molecule has 2 heterocycles. The van der Waals surface area contributed by atoms with E-state index in [2.05, 4.69) is 22.2 Å². The normalized spacial score (nSPS) is 18.3. The van der Waals surface area contributed by atoms with Crippen molar-refractivity contribution in [3.8, 4) is 11.5 Å². The van der Waals surface area contributed by atoms with Crippen LogP contribution in [0.2, 0.25) is 0 Å². The highest BCUT2D eigenvalue weighted by Gasteiger charge is 2.21. The van der Waals surface area contributed by atoms with Crippen molar-refractivity contribution in [3.63, 3.8) is 0 Å². The molecule has 0 spiro atoms. The molecule has 1 aliphatic carbocycles. The summed E-state index contributed by atoms with van der Waals surface area (Å²) in [5.74, 6) is 0.764. The summed E-state index contributed by atoms with van der Waals surface area (Å²) >= 11 is 1.64. The maximum absolute atomic E-state index is 4.72. The Kier molecular flexibility index (Phi) is 3.57. The summed E-state index contributed by atoms with van der Waals surface area (Å²) < 4.78 is 0. The first-order valence-electron chi connectivity index (χ1n) is 6.79. The summed E-state index contributed by atoms with van der Waals surface area (Å²) in [5.41, 5.74) is 3.35. The molecule has 5 heteroatoms. The van der Waals surface area contributed by atoms with E-state index < -0.39 is 0 Å². The number of aromatic nitrogens is 3. The molecule has 0 amide bonds. The van der Waals surface area contributed by atoms with Crippen LogP contribution in [0.5, 0.6) is 0 Å². The van der Waals surface area contributed by atoms with Crippen LogP contribution in [0.25, 0.3) is 11.5 Å². The number of hydrogen-bond acceptors (Lipinski definition) is 5. The van der Waals surface area contributed by atoms with Gasteiger partial charge in [0.25, 0.3) is 0 Å². The molecule has 0 saturated heterocycles. The summed E-state index contributed by atoms with van der Waals surface area (Å²) in [5, 5.41) is 6.60. The van der Waals surface area contributed by atoms with Gasteiger partial charge < -0.3 is 5.32 Å². The van der Waals surface area contributed by atoms with Gasteiger partial charge in [0.1, 0.15) is 5.69 Å². The fourth-order valence-electron chi connectivity index (χ4n) is 2.59. The van der Waals surface area contributed by atoms with Gasteiger partial charge in [-0.3, -0.25) is 0 Å². The van der Waals surface area contributed by atoms with Gasteiger partial charge in [0.2, 0.25) is 0 Å². The van der Waals surface area contributed by atoms with E-state index in [-0.39, 0.29) is 0 Å². The molecule has 2 aromatic heterocycles. The summed E-state index contributed by atoms with van der Waals surface area (Å²) in [4.78, 5) is 13.7. The zero-order valence-corrected chi connectivity index (χ0v) is 12.1. The molecule has 2 aromatic rings. The third-order valence-electron chi connectivity index (χ3n) is 3.48. The number of rotatable bonds is 3. The monoisotopic (exact) mass is 274 g/mol. The molecule has 1 unspecified atom stereocenters. The summed E-state index contributed by atoms with van der Waals surface area (Å²) in [6.45, 7) is 5.13. The predicted molar refractivity (Wildman–Crippen MR) is 77.2 cm³/mol. The van der Waals surface area contributed by atoms with Gasteiger partial charge in [-0.15, -0.1) is 11.3 Å².